The lowest BCUT2D eigenvalue weighted by Crippen LogP contribution is -2.26. The van der Waals surface area contributed by atoms with Crippen molar-refractivity contribution in [3.63, 3.8) is 0 Å². The number of fused-ring (bicyclic) bond motifs is 1. The van der Waals surface area contributed by atoms with Gasteiger partial charge in [0.2, 0.25) is 10.0 Å². The topological polar surface area (TPSA) is 109 Å². The number of benzene rings is 2. The van der Waals surface area contributed by atoms with Crippen molar-refractivity contribution in [3.05, 3.63) is 74.8 Å². The predicted molar refractivity (Wildman–Crippen MR) is 88.4 cm³/mol. The van der Waals surface area contributed by atoms with Crippen molar-refractivity contribution in [2.24, 2.45) is 0 Å². The molecule has 2 N–H and O–H groups in total. The number of sulfonamides is 1. The molecule has 0 saturated carbocycles. The van der Waals surface area contributed by atoms with Gasteiger partial charge in [-0.25, -0.2) is 27.1 Å². The minimum atomic E-state index is -3.91. The summed E-state index contributed by atoms with van der Waals surface area (Å²) in [5.41, 5.74) is -0.365. The number of hydrogen-bond acceptors (Lipinski definition) is 5. The van der Waals surface area contributed by atoms with Crippen LogP contribution in [-0.2, 0) is 16.4 Å². The van der Waals surface area contributed by atoms with Gasteiger partial charge < -0.3 is 4.42 Å². The molecule has 0 saturated heterocycles. The van der Waals surface area contributed by atoms with Gasteiger partial charge in [-0.3, -0.25) is 4.98 Å². The Balaban J connectivity index is 1.82. The Labute approximate surface area is 141 Å². The Morgan fingerprint density at radius 1 is 1.12 bits per heavy atom. The first-order valence-electron chi connectivity index (χ1n) is 7.27. The molecule has 130 valence electrons. The van der Waals surface area contributed by atoms with Crippen LogP contribution in [0.4, 0.5) is 4.39 Å². The molecule has 0 unspecified atom stereocenters. The summed E-state index contributed by atoms with van der Waals surface area (Å²) in [6.45, 7) is -0.0124. The van der Waals surface area contributed by atoms with Crippen molar-refractivity contribution in [1.29, 1.82) is 0 Å². The lowest BCUT2D eigenvalue weighted by Gasteiger charge is -2.08. The van der Waals surface area contributed by atoms with E-state index in [1.54, 1.807) is 18.2 Å². The van der Waals surface area contributed by atoms with Crippen LogP contribution in [0.2, 0.25) is 0 Å². The molecular weight excluding hydrogens is 351 g/mol. The summed E-state index contributed by atoms with van der Waals surface area (Å²) in [7, 11) is -3.91. The number of aromatic amines is 1. The van der Waals surface area contributed by atoms with Crippen molar-refractivity contribution in [2.75, 3.05) is 6.54 Å². The van der Waals surface area contributed by atoms with Gasteiger partial charge >= 0.3 is 11.4 Å². The molecular formula is C16H13FN2O5S. The second-order valence-corrected chi connectivity index (χ2v) is 7.02. The van der Waals surface area contributed by atoms with Gasteiger partial charge in [0.25, 0.3) is 0 Å². The summed E-state index contributed by atoms with van der Waals surface area (Å²) >= 11 is 0. The van der Waals surface area contributed by atoms with E-state index in [0.717, 1.165) is 6.07 Å². The van der Waals surface area contributed by atoms with E-state index in [2.05, 4.69) is 14.1 Å². The van der Waals surface area contributed by atoms with Crippen LogP contribution in [-0.4, -0.2) is 19.9 Å². The average Bonchev–Trinajstić information content (AvgIpc) is 2.56. The van der Waals surface area contributed by atoms with E-state index in [9.17, 15) is 22.4 Å². The highest BCUT2D eigenvalue weighted by Gasteiger charge is 2.16. The first-order valence-corrected chi connectivity index (χ1v) is 8.75. The molecule has 0 bridgehead atoms. The number of hydrogen-bond donors (Lipinski definition) is 2. The fraction of sp³-hybridized carbons (Fsp3) is 0.125. The van der Waals surface area contributed by atoms with Gasteiger partial charge in [-0.2, -0.15) is 0 Å². The highest BCUT2D eigenvalue weighted by molar-refractivity contribution is 7.89. The van der Waals surface area contributed by atoms with Gasteiger partial charge in [0.15, 0.2) is 0 Å². The van der Waals surface area contributed by atoms with Gasteiger partial charge in [-0.1, -0.05) is 18.2 Å². The quantitative estimate of drug-likeness (QED) is 0.706. The largest absolute Gasteiger partial charge is 0.419 e. The molecule has 0 aliphatic carbocycles. The van der Waals surface area contributed by atoms with E-state index in [-0.39, 0.29) is 28.8 Å². The van der Waals surface area contributed by atoms with Gasteiger partial charge in [-0.15, -0.1) is 0 Å². The van der Waals surface area contributed by atoms with Crippen molar-refractivity contribution in [2.45, 2.75) is 11.3 Å². The van der Waals surface area contributed by atoms with Gasteiger partial charge in [-0.05, 0) is 36.2 Å². The molecule has 1 heterocycles. The van der Waals surface area contributed by atoms with E-state index in [1.807, 2.05) is 0 Å². The Morgan fingerprint density at radius 3 is 2.64 bits per heavy atom. The normalized spacial score (nSPS) is 11.7. The van der Waals surface area contributed by atoms with Gasteiger partial charge in [0.1, 0.15) is 5.82 Å². The Morgan fingerprint density at radius 2 is 1.88 bits per heavy atom. The van der Waals surface area contributed by atoms with E-state index in [1.165, 1.54) is 18.2 Å². The lowest BCUT2D eigenvalue weighted by atomic mass is 10.1. The third kappa shape index (κ3) is 3.67. The lowest BCUT2D eigenvalue weighted by molar-refractivity contribution is 0.460. The molecule has 0 aliphatic rings. The van der Waals surface area contributed by atoms with Crippen LogP contribution in [0, 0.1) is 5.82 Å². The Kier molecular flexibility index (Phi) is 4.51. The number of nitrogens with one attached hydrogen (secondary N) is 2. The zero-order valence-corrected chi connectivity index (χ0v) is 13.6. The van der Waals surface area contributed by atoms with Crippen molar-refractivity contribution in [3.8, 4) is 0 Å². The molecule has 2 aromatic carbocycles. The maximum absolute atomic E-state index is 13.5. The number of H-pyrrole nitrogens is 1. The highest BCUT2D eigenvalue weighted by atomic mass is 32.2. The zero-order chi connectivity index (χ0) is 18.0. The number of rotatable bonds is 5. The standard InChI is InChI=1S/C16H13FN2O5S/c17-13-4-2-1-3-10(13)7-8-18-25(22,23)11-5-6-14-12(9-11)15(20)24-16(21)19-14/h1-6,9,18H,7-8H2,(H,19,21). The summed E-state index contributed by atoms with van der Waals surface area (Å²) < 4.78 is 44.9. The maximum Gasteiger partial charge on any atom is 0.419 e. The SMILES string of the molecule is O=c1[nH]c2ccc(S(=O)(=O)NCCc3ccccc3F)cc2c(=O)o1. The summed E-state index contributed by atoms with van der Waals surface area (Å²) in [6.07, 6.45) is 0.176. The molecule has 25 heavy (non-hydrogen) atoms. The van der Waals surface area contributed by atoms with Crippen LogP contribution >= 0.6 is 0 Å². The average molecular weight is 364 g/mol. The molecule has 3 rings (SSSR count). The Bertz CT molecular complexity index is 1150. The van der Waals surface area contributed by atoms with Crippen LogP contribution in [0.15, 0.2) is 61.4 Å². The molecule has 0 aliphatic heterocycles. The fourth-order valence-electron chi connectivity index (χ4n) is 2.35. The zero-order valence-electron chi connectivity index (χ0n) is 12.8. The monoisotopic (exact) mass is 364 g/mol. The molecule has 0 atom stereocenters. The third-order valence-electron chi connectivity index (χ3n) is 3.59. The molecule has 0 radical (unpaired) electrons. The first kappa shape index (κ1) is 17.1. The van der Waals surface area contributed by atoms with Crippen LogP contribution in [0.5, 0.6) is 0 Å². The third-order valence-corrected chi connectivity index (χ3v) is 5.05. The van der Waals surface area contributed by atoms with Gasteiger partial charge in [0, 0.05) is 6.54 Å². The molecule has 0 amide bonds. The minimum Gasteiger partial charge on any atom is -0.372 e. The number of aromatic nitrogens is 1. The van der Waals surface area contributed by atoms with Crippen molar-refractivity contribution >= 4 is 20.9 Å². The molecule has 3 aromatic rings. The van der Waals surface area contributed by atoms with Crippen LogP contribution in [0.3, 0.4) is 0 Å². The highest BCUT2D eigenvalue weighted by Crippen LogP contribution is 2.14. The van der Waals surface area contributed by atoms with Crippen molar-refractivity contribution < 1.29 is 17.2 Å². The summed E-state index contributed by atoms with van der Waals surface area (Å²) in [4.78, 5) is 24.9. The minimum absolute atomic E-state index is 0.0124. The first-order chi connectivity index (χ1) is 11.9. The van der Waals surface area contributed by atoms with Crippen molar-refractivity contribution in [1.82, 2.24) is 9.71 Å². The predicted octanol–water partition coefficient (Wildman–Crippen LogP) is 1.14. The molecule has 1 aromatic heterocycles. The molecule has 9 heteroatoms. The molecule has 7 nitrogen and oxygen atoms in total. The summed E-state index contributed by atoms with van der Waals surface area (Å²) in [5, 5.41) is -0.0587. The number of halogens is 1. The van der Waals surface area contributed by atoms with E-state index in [0.29, 0.717) is 5.56 Å². The van der Waals surface area contributed by atoms with E-state index in [4.69, 9.17) is 0 Å². The second-order valence-electron chi connectivity index (χ2n) is 5.25. The second kappa shape index (κ2) is 6.61. The Hall–Kier alpha value is -2.78. The van der Waals surface area contributed by atoms with Gasteiger partial charge in [0.05, 0.1) is 15.8 Å². The summed E-state index contributed by atoms with van der Waals surface area (Å²) in [6, 6.07) is 9.75. The van der Waals surface area contributed by atoms with Crippen LogP contribution in [0.25, 0.3) is 10.9 Å². The van der Waals surface area contributed by atoms with Crippen LogP contribution in [0.1, 0.15) is 5.56 Å². The molecule has 0 fully saturated rings. The van der Waals surface area contributed by atoms with E-state index < -0.39 is 27.2 Å². The molecule has 0 spiro atoms. The smallest absolute Gasteiger partial charge is 0.372 e. The summed E-state index contributed by atoms with van der Waals surface area (Å²) in [5.74, 6) is -1.33. The van der Waals surface area contributed by atoms with E-state index >= 15 is 0 Å². The maximum atomic E-state index is 13.5. The van der Waals surface area contributed by atoms with Crippen LogP contribution < -0.4 is 16.1 Å². The fourth-order valence-corrected chi connectivity index (χ4v) is 3.41.